The van der Waals surface area contributed by atoms with Gasteiger partial charge in [-0.3, -0.25) is 4.79 Å². The Labute approximate surface area is 104 Å². The molecule has 0 saturated carbocycles. The van der Waals surface area contributed by atoms with Crippen LogP contribution in [-0.4, -0.2) is 22.3 Å². The number of aliphatic carboxylic acids is 1. The summed E-state index contributed by atoms with van der Waals surface area (Å²) in [7, 11) is 0. The third kappa shape index (κ3) is 5.50. The molecule has 0 aromatic carbocycles. The molecule has 4 heteroatoms. The molecule has 1 N–H and O–H groups in total. The largest absolute Gasteiger partial charge is 0.481 e. The molecule has 17 heavy (non-hydrogen) atoms. The number of hydrogen-bond acceptors (Lipinski definition) is 3. The quantitative estimate of drug-likeness (QED) is 0.552. The fraction of sp³-hybridized carbons (Fsp3) is 0.923. The first kappa shape index (κ1) is 16.4. The highest BCUT2D eigenvalue weighted by Gasteiger charge is 2.40. The zero-order chi connectivity index (χ0) is 13.7. The van der Waals surface area contributed by atoms with E-state index in [1.165, 1.54) is 0 Å². The maximum Gasteiger partial charge on any atom is 0.309 e. The normalized spacial score (nSPS) is 17.5. The van der Waals surface area contributed by atoms with Crippen molar-refractivity contribution in [3.8, 4) is 0 Å². The van der Waals surface area contributed by atoms with Crippen molar-refractivity contribution in [1.82, 2.24) is 0 Å². The van der Waals surface area contributed by atoms with Crippen LogP contribution in [0.25, 0.3) is 0 Å². The van der Waals surface area contributed by atoms with Gasteiger partial charge in [0.2, 0.25) is 0 Å². The number of carboxylic acids is 1. The van der Waals surface area contributed by atoms with Gasteiger partial charge in [0, 0.05) is 0 Å². The van der Waals surface area contributed by atoms with Gasteiger partial charge in [-0.05, 0) is 40.5 Å². The summed E-state index contributed by atoms with van der Waals surface area (Å²) < 4.78 is 0. The Bertz CT molecular complexity index is 244. The molecule has 0 saturated heterocycles. The van der Waals surface area contributed by atoms with Crippen molar-refractivity contribution in [2.75, 3.05) is 0 Å². The van der Waals surface area contributed by atoms with Crippen LogP contribution in [0.3, 0.4) is 0 Å². The lowest BCUT2D eigenvalue weighted by Crippen LogP contribution is -2.43. The predicted octanol–water partition coefficient (Wildman–Crippen LogP) is 3.40. The third-order valence-electron chi connectivity index (χ3n) is 2.67. The van der Waals surface area contributed by atoms with Gasteiger partial charge < -0.3 is 5.11 Å². The molecular formula is C13H26O4. The van der Waals surface area contributed by atoms with Crippen LogP contribution in [0.4, 0.5) is 0 Å². The van der Waals surface area contributed by atoms with Crippen molar-refractivity contribution >= 4 is 5.97 Å². The summed E-state index contributed by atoms with van der Waals surface area (Å²) in [6, 6.07) is 0. The molecule has 0 aliphatic carbocycles. The van der Waals surface area contributed by atoms with Crippen LogP contribution >= 0.6 is 0 Å². The summed E-state index contributed by atoms with van der Waals surface area (Å²) in [5.41, 5.74) is -1.21. The Hall–Kier alpha value is -0.610. The van der Waals surface area contributed by atoms with Gasteiger partial charge in [-0.25, -0.2) is 9.78 Å². The monoisotopic (exact) mass is 246 g/mol. The zero-order valence-electron chi connectivity index (χ0n) is 11.9. The van der Waals surface area contributed by atoms with Crippen molar-refractivity contribution in [2.45, 2.75) is 72.0 Å². The first-order valence-corrected chi connectivity index (χ1v) is 6.26. The Morgan fingerprint density at radius 2 is 1.71 bits per heavy atom. The van der Waals surface area contributed by atoms with Crippen LogP contribution in [0.1, 0.15) is 60.8 Å². The van der Waals surface area contributed by atoms with Gasteiger partial charge in [-0.2, -0.15) is 0 Å². The zero-order valence-corrected chi connectivity index (χ0v) is 11.9. The third-order valence-corrected chi connectivity index (χ3v) is 2.67. The average molecular weight is 246 g/mol. The van der Waals surface area contributed by atoms with Crippen LogP contribution in [-0.2, 0) is 14.6 Å². The van der Waals surface area contributed by atoms with E-state index in [4.69, 9.17) is 9.78 Å². The molecule has 2 atom stereocenters. The molecule has 0 spiro atoms. The standard InChI is InChI=1S/C13H26O4/c1-7-9-13(6,10(8-2)11(14)15)17-16-12(3,4)5/h10H,7-9H2,1-6H3,(H,14,15). The molecular weight excluding hydrogens is 220 g/mol. The molecule has 0 bridgehead atoms. The number of hydrogen-bond donors (Lipinski definition) is 1. The first-order chi connectivity index (χ1) is 7.66. The number of rotatable bonds is 7. The lowest BCUT2D eigenvalue weighted by molar-refractivity contribution is -0.409. The molecule has 2 unspecified atom stereocenters. The van der Waals surface area contributed by atoms with Crippen LogP contribution in [0.5, 0.6) is 0 Å². The maximum absolute atomic E-state index is 11.2. The fourth-order valence-electron chi connectivity index (χ4n) is 1.86. The van der Waals surface area contributed by atoms with Crippen molar-refractivity contribution in [2.24, 2.45) is 5.92 Å². The fourth-order valence-corrected chi connectivity index (χ4v) is 1.86. The first-order valence-electron chi connectivity index (χ1n) is 6.26. The van der Waals surface area contributed by atoms with E-state index in [1.54, 1.807) is 0 Å². The van der Waals surface area contributed by atoms with Crippen LogP contribution in [0, 0.1) is 5.92 Å². The van der Waals surface area contributed by atoms with Crippen molar-refractivity contribution in [3.63, 3.8) is 0 Å². The molecule has 0 rings (SSSR count). The Kier molecular flexibility index (Phi) is 6.13. The van der Waals surface area contributed by atoms with E-state index in [0.717, 1.165) is 6.42 Å². The molecule has 4 nitrogen and oxygen atoms in total. The highest BCUT2D eigenvalue weighted by Crippen LogP contribution is 2.31. The Morgan fingerprint density at radius 3 is 2.00 bits per heavy atom. The summed E-state index contributed by atoms with van der Waals surface area (Å²) in [6.45, 7) is 11.3. The number of carboxylic acid groups (broad SMARTS) is 1. The van der Waals surface area contributed by atoms with E-state index in [1.807, 2.05) is 41.5 Å². The van der Waals surface area contributed by atoms with Crippen LogP contribution in [0.15, 0.2) is 0 Å². The van der Waals surface area contributed by atoms with E-state index in [2.05, 4.69) is 0 Å². The Morgan fingerprint density at radius 1 is 1.18 bits per heavy atom. The van der Waals surface area contributed by atoms with E-state index in [-0.39, 0.29) is 0 Å². The van der Waals surface area contributed by atoms with Gasteiger partial charge in [0.15, 0.2) is 0 Å². The topological polar surface area (TPSA) is 55.8 Å². The minimum absolute atomic E-state index is 0.439. The molecule has 0 aromatic rings. The lowest BCUT2D eigenvalue weighted by atomic mass is 9.83. The van der Waals surface area contributed by atoms with Crippen molar-refractivity contribution in [1.29, 1.82) is 0 Å². The smallest absolute Gasteiger partial charge is 0.309 e. The van der Waals surface area contributed by atoms with Gasteiger partial charge in [0.05, 0.1) is 11.5 Å². The van der Waals surface area contributed by atoms with Gasteiger partial charge in [-0.15, -0.1) is 0 Å². The SMILES string of the molecule is CCCC(C)(OOC(C)(C)C)C(CC)C(=O)O. The predicted molar refractivity (Wildman–Crippen MR) is 66.7 cm³/mol. The minimum atomic E-state index is -0.832. The van der Waals surface area contributed by atoms with Crippen molar-refractivity contribution in [3.05, 3.63) is 0 Å². The van der Waals surface area contributed by atoms with Gasteiger partial charge in [0.25, 0.3) is 0 Å². The lowest BCUT2D eigenvalue weighted by Gasteiger charge is -2.35. The highest BCUT2D eigenvalue weighted by atomic mass is 17.2. The molecule has 0 amide bonds. The maximum atomic E-state index is 11.2. The molecule has 0 radical (unpaired) electrons. The molecule has 0 aliphatic heterocycles. The van der Waals surface area contributed by atoms with E-state index in [0.29, 0.717) is 12.8 Å². The number of carbonyl (C=O) groups is 1. The molecule has 0 aliphatic rings. The van der Waals surface area contributed by atoms with Crippen molar-refractivity contribution < 1.29 is 19.7 Å². The second-order valence-corrected chi connectivity index (χ2v) is 5.64. The second kappa shape index (κ2) is 6.36. The summed E-state index contributed by atoms with van der Waals surface area (Å²) in [5, 5.41) is 9.23. The average Bonchev–Trinajstić information content (AvgIpc) is 2.14. The molecule has 0 fully saturated rings. The Balaban J connectivity index is 4.81. The highest BCUT2D eigenvalue weighted by molar-refractivity contribution is 5.71. The molecule has 102 valence electrons. The summed E-state index contributed by atoms with van der Waals surface area (Å²) in [4.78, 5) is 22.0. The van der Waals surface area contributed by atoms with E-state index >= 15 is 0 Å². The molecule has 0 aromatic heterocycles. The van der Waals surface area contributed by atoms with Gasteiger partial charge in [-0.1, -0.05) is 20.3 Å². The summed E-state index contributed by atoms with van der Waals surface area (Å²) >= 11 is 0. The van der Waals surface area contributed by atoms with Crippen LogP contribution < -0.4 is 0 Å². The van der Waals surface area contributed by atoms with Gasteiger partial charge in [0.1, 0.15) is 5.60 Å². The minimum Gasteiger partial charge on any atom is -0.481 e. The van der Waals surface area contributed by atoms with E-state index < -0.39 is 23.1 Å². The van der Waals surface area contributed by atoms with Gasteiger partial charge >= 0.3 is 5.97 Å². The summed E-state index contributed by atoms with van der Waals surface area (Å²) in [5.74, 6) is -1.38. The van der Waals surface area contributed by atoms with E-state index in [9.17, 15) is 9.90 Å². The second-order valence-electron chi connectivity index (χ2n) is 5.64. The summed E-state index contributed by atoms with van der Waals surface area (Å²) in [6.07, 6.45) is 2.04. The van der Waals surface area contributed by atoms with Crippen LogP contribution in [0.2, 0.25) is 0 Å². The molecule has 0 heterocycles.